The van der Waals surface area contributed by atoms with Crippen LogP contribution in [-0.4, -0.2) is 100 Å². The Hall–Kier alpha value is -2.63. The van der Waals surface area contributed by atoms with Crippen molar-refractivity contribution in [3.63, 3.8) is 0 Å². The van der Waals surface area contributed by atoms with Gasteiger partial charge >= 0.3 is 0 Å². The lowest BCUT2D eigenvalue weighted by Crippen LogP contribution is -2.61. The van der Waals surface area contributed by atoms with Gasteiger partial charge in [0.25, 0.3) is 5.91 Å². The number of nitrogens with zero attached hydrogens (tertiary/aromatic N) is 3. The van der Waals surface area contributed by atoms with E-state index in [0.717, 1.165) is 87.8 Å². The molecule has 2 saturated heterocycles. The second kappa shape index (κ2) is 15.7. The van der Waals surface area contributed by atoms with Crippen LogP contribution in [0.3, 0.4) is 0 Å². The fourth-order valence-corrected chi connectivity index (χ4v) is 12.5. The Morgan fingerprint density at radius 3 is 2.70 bits per heavy atom. The maximum Gasteiger partial charge on any atom is 0.264 e. The van der Waals surface area contributed by atoms with E-state index >= 15 is 0 Å². The summed E-state index contributed by atoms with van der Waals surface area (Å²) in [6.07, 6.45) is 15.1. The highest BCUT2D eigenvalue weighted by Gasteiger charge is 2.50. The zero-order valence-electron chi connectivity index (χ0n) is 32.2. The van der Waals surface area contributed by atoms with E-state index in [4.69, 9.17) is 21.1 Å². The van der Waals surface area contributed by atoms with Crippen LogP contribution in [0.1, 0.15) is 99.5 Å². The molecule has 1 spiro atoms. The smallest absolute Gasteiger partial charge is 0.264 e. The first-order chi connectivity index (χ1) is 26.1. The van der Waals surface area contributed by atoms with Crippen LogP contribution in [0, 0.1) is 11.8 Å². The standard InChI is InChI=1S/C43H59ClN4O5S/c1-3-36-12-5-7-20-43(53-4-2,29-46-22-23-47-21-8-6-11-35(47)27-46)38-16-13-33(38)26-48-28-42(19-9-10-31-24-34(44)15-17-37(31)42)30-52-40-18-14-32(25-39(40)48)41(49)45-54(36,50)51/h7,14-15,17-18,20,24-25,33,35-36,38H,3-6,8-13,16,19,21-23,26-30H2,1-2H3,(H,45,49)/b20-7+/t33-,35+,36+,38+,42-,43-/m0/s1. The minimum absolute atomic E-state index is 0.256. The molecule has 4 aliphatic heterocycles. The number of halogens is 1. The number of nitrogens with one attached hydrogen (secondary N) is 1. The van der Waals surface area contributed by atoms with Crippen molar-refractivity contribution in [3.8, 4) is 5.75 Å². The lowest BCUT2D eigenvalue weighted by atomic mass is 9.63. The van der Waals surface area contributed by atoms with Gasteiger partial charge in [0.05, 0.1) is 17.5 Å². The molecule has 2 aromatic carbocycles. The molecule has 2 bridgehead atoms. The highest BCUT2D eigenvalue weighted by Crippen LogP contribution is 2.49. The number of sulfonamides is 1. The van der Waals surface area contributed by atoms with Gasteiger partial charge in [-0.1, -0.05) is 43.2 Å². The highest BCUT2D eigenvalue weighted by atomic mass is 35.5. The molecular formula is C43H59ClN4O5S. The minimum atomic E-state index is -3.91. The summed E-state index contributed by atoms with van der Waals surface area (Å²) in [6.45, 7) is 11.9. The number of carbonyl (C=O) groups is 1. The molecule has 54 heavy (non-hydrogen) atoms. The van der Waals surface area contributed by atoms with Crippen LogP contribution in [0.2, 0.25) is 5.02 Å². The zero-order valence-corrected chi connectivity index (χ0v) is 33.8. The summed E-state index contributed by atoms with van der Waals surface area (Å²) in [7, 11) is -3.91. The molecule has 1 saturated carbocycles. The number of benzene rings is 2. The molecule has 1 amide bonds. The van der Waals surface area contributed by atoms with Gasteiger partial charge in [-0.05, 0) is 131 Å². The summed E-state index contributed by atoms with van der Waals surface area (Å²) in [5.41, 5.74) is 3.02. The van der Waals surface area contributed by atoms with Gasteiger partial charge in [0.2, 0.25) is 10.0 Å². The molecule has 3 fully saturated rings. The first-order valence-electron chi connectivity index (χ1n) is 20.8. The Morgan fingerprint density at radius 1 is 1.00 bits per heavy atom. The molecular weight excluding hydrogens is 720 g/mol. The molecule has 4 heterocycles. The van der Waals surface area contributed by atoms with E-state index in [1.54, 1.807) is 6.07 Å². The van der Waals surface area contributed by atoms with Crippen LogP contribution < -0.4 is 14.4 Å². The van der Waals surface area contributed by atoms with E-state index in [1.807, 2.05) is 25.1 Å². The average molecular weight is 779 g/mol. The van der Waals surface area contributed by atoms with Crippen molar-refractivity contribution in [2.45, 2.75) is 107 Å². The highest BCUT2D eigenvalue weighted by molar-refractivity contribution is 7.90. The van der Waals surface area contributed by atoms with Gasteiger partial charge in [-0.3, -0.25) is 14.6 Å². The predicted octanol–water partition coefficient (Wildman–Crippen LogP) is 6.97. The number of amides is 1. The van der Waals surface area contributed by atoms with Crippen LogP contribution in [0.15, 0.2) is 48.6 Å². The number of ether oxygens (including phenoxy) is 2. The molecule has 6 aliphatic rings. The SMILES string of the molecule is CCO[C@]1(CN2CCN3CCCC[C@@H]3C2)/C=C/CC[C@@H](CC)S(=O)(=O)NC(=O)c2ccc3c(c2)N(C[C@@H]2CC[C@H]21)C[C@@]1(CCCc2cc(Cl)ccc21)CO3. The van der Waals surface area contributed by atoms with E-state index in [2.05, 4.69) is 50.6 Å². The van der Waals surface area contributed by atoms with E-state index in [-0.39, 0.29) is 5.41 Å². The summed E-state index contributed by atoms with van der Waals surface area (Å²) in [5.74, 6) is 0.800. The lowest BCUT2D eigenvalue weighted by molar-refractivity contribution is -0.116. The third-order valence-corrected chi connectivity index (χ3v) is 15.9. The van der Waals surface area contributed by atoms with E-state index in [0.29, 0.717) is 55.9 Å². The van der Waals surface area contributed by atoms with Gasteiger partial charge in [-0.2, -0.15) is 0 Å². The van der Waals surface area contributed by atoms with Gasteiger partial charge in [0.1, 0.15) is 11.4 Å². The number of rotatable bonds is 5. The Bertz CT molecular complexity index is 1840. The van der Waals surface area contributed by atoms with Crippen molar-refractivity contribution >= 4 is 33.2 Å². The largest absolute Gasteiger partial charge is 0.490 e. The summed E-state index contributed by atoms with van der Waals surface area (Å²) >= 11 is 6.53. The van der Waals surface area contributed by atoms with Crippen LogP contribution in [-0.2, 0) is 26.6 Å². The third-order valence-electron chi connectivity index (χ3n) is 13.8. The maximum absolute atomic E-state index is 13.7. The zero-order chi connectivity index (χ0) is 37.5. The topological polar surface area (TPSA) is 91.4 Å². The van der Waals surface area contributed by atoms with Gasteiger partial charge < -0.3 is 14.4 Å². The molecule has 0 radical (unpaired) electrons. The number of fused-ring (bicyclic) bond motifs is 5. The fourth-order valence-electron chi connectivity index (χ4n) is 10.9. The van der Waals surface area contributed by atoms with Crippen molar-refractivity contribution in [1.82, 2.24) is 14.5 Å². The van der Waals surface area contributed by atoms with Crippen molar-refractivity contribution in [1.29, 1.82) is 0 Å². The Morgan fingerprint density at radius 2 is 1.89 bits per heavy atom. The van der Waals surface area contributed by atoms with Crippen molar-refractivity contribution < 1.29 is 22.7 Å². The normalized spacial score (nSPS) is 33.6. The Labute approximate surface area is 327 Å². The molecule has 294 valence electrons. The summed E-state index contributed by atoms with van der Waals surface area (Å²) in [6, 6.07) is 12.4. The molecule has 2 aromatic rings. The molecule has 2 aliphatic carbocycles. The van der Waals surface area contributed by atoms with Crippen LogP contribution in [0.4, 0.5) is 5.69 Å². The van der Waals surface area contributed by atoms with Crippen LogP contribution >= 0.6 is 11.6 Å². The average Bonchev–Trinajstić information content (AvgIpc) is 3.29. The minimum Gasteiger partial charge on any atom is -0.490 e. The second-order valence-electron chi connectivity index (χ2n) is 17.0. The lowest BCUT2D eigenvalue weighted by Gasteiger charge is -2.53. The molecule has 0 unspecified atom stereocenters. The number of aryl methyl sites for hydroxylation is 1. The third kappa shape index (κ3) is 7.47. The molecule has 0 aromatic heterocycles. The van der Waals surface area contributed by atoms with Crippen molar-refractivity contribution in [2.75, 3.05) is 63.9 Å². The van der Waals surface area contributed by atoms with E-state index in [1.165, 1.54) is 36.9 Å². The second-order valence-corrected chi connectivity index (χ2v) is 19.4. The number of carbonyl (C=O) groups excluding carboxylic acids is 1. The Kier molecular flexibility index (Phi) is 11.1. The van der Waals surface area contributed by atoms with E-state index < -0.39 is 26.8 Å². The predicted molar refractivity (Wildman–Crippen MR) is 215 cm³/mol. The van der Waals surface area contributed by atoms with Gasteiger partial charge in [-0.15, -0.1) is 0 Å². The first-order valence-corrected chi connectivity index (χ1v) is 22.7. The molecule has 9 nitrogen and oxygen atoms in total. The summed E-state index contributed by atoms with van der Waals surface area (Å²) < 4.78 is 43.6. The quantitative estimate of drug-likeness (QED) is 0.326. The Balaban J connectivity index is 1.19. The van der Waals surface area contributed by atoms with Gasteiger partial charge in [-0.25, -0.2) is 13.1 Å². The number of allylic oxidation sites excluding steroid dienone is 1. The van der Waals surface area contributed by atoms with Crippen LogP contribution in [0.5, 0.6) is 5.75 Å². The number of hydrogen-bond acceptors (Lipinski definition) is 8. The number of piperidine rings is 1. The van der Waals surface area contributed by atoms with Gasteiger partial charge in [0, 0.05) is 67.9 Å². The number of hydrogen-bond donors (Lipinski definition) is 1. The molecule has 11 heteroatoms. The molecule has 8 rings (SSSR count). The number of anilines is 1. The van der Waals surface area contributed by atoms with Gasteiger partial charge in [0.15, 0.2) is 0 Å². The summed E-state index contributed by atoms with van der Waals surface area (Å²) in [5, 5.41) is 0.0730. The first kappa shape index (κ1) is 38.3. The van der Waals surface area contributed by atoms with Crippen molar-refractivity contribution in [2.24, 2.45) is 11.8 Å². The number of piperazine rings is 1. The molecule has 6 atom stereocenters. The van der Waals surface area contributed by atoms with Crippen molar-refractivity contribution in [3.05, 3.63) is 70.3 Å². The maximum atomic E-state index is 13.7. The van der Waals surface area contributed by atoms with Crippen LogP contribution in [0.25, 0.3) is 0 Å². The van der Waals surface area contributed by atoms with E-state index in [9.17, 15) is 13.2 Å². The summed E-state index contributed by atoms with van der Waals surface area (Å²) in [4.78, 5) is 21.5. The fraction of sp³-hybridized carbons (Fsp3) is 0.651. The monoisotopic (exact) mass is 778 g/mol. The molecule has 1 N–H and O–H groups in total.